The highest BCUT2D eigenvalue weighted by Gasteiger charge is 2.34. The van der Waals surface area contributed by atoms with E-state index in [1.807, 2.05) is 12.1 Å². The Morgan fingerprint density at radius 3 is 2.63 bits per heavy atom. The van der Waals surface area contributed by atoms with E-state index in [0.717, 1.165) is 5.39 Å². The number of esters is 1. The predicted octanol–water partition coefficient (Wildman–Crippen LogP) is 1.74. The van der Waals surface area contributed by atoms with Crippen LogP contribution in [0, 0.1) is 0 Å². The number of aromatic hydroxyl groups is 1. The minimum atomic E-state index is -3.12. The summed E-state index contributed by atoms with van der Waals surface area (Å²) in [6, 6.07) is 9.81. The van der Waals surface area contributed by atoms with Crippen LogP contribution in [0.2, 0.25) is 0 Å². The highest BCUT2D eigenvalue weighted by Crippen LogP contribution is 2.29. The summed E-state index contributed by atoms with van der Waals surface area (Å²) in [5.41, 5.74) is -0.0204. The van der Waals surface area contributed by atoms with E-state index in [9.17, 15) is 23.1 Å². The van der Waals surface area contributed by atoms with E-state index in [0.29, 0.717) is 18.4 Å². The van der Waals surface area contributed by atoms with Gasteiger partial charge in [0.1, 0.15) is 11.3 Å². The second-order valence-electron chi connectivity index (χ2n) is 6.50. The second kappa shape index (κ2) is 7.56. The molecule has 2 aromatic rings. The molecule has 0 spiro atoms. The van der Waals surface area contributed by atoms with Crippen LogP contribution in [-0.2, 0) is 19.4 Å². The zero-order valence-corrected chi connectivity index (χ0v) is 15.7. The fourth-order valence-corrected chi connectivity index (χ4v) is 5.10. The Bertz CT molecular complexity index is 985. The van der Waals surface area contributed by atoms with Gasteiger partial charge < -0.3 is 14.7 Å². The molecule has 0 saturated carbocycles. The maximum absolute atomic E-state index is 12.4. The van der Waals surface area contributed by atoms with Gasteiger partial charge in [0.25, 0.3) is 5.91 Å². The van der Waals surface area contributed by atoms with Gasteiger partial charge in [-0.25, -0.2) is 13.2 Å². The van der Waals surface area contributed by atoms with Gasteiger partial charge in [-0.3, -0.25) is 4.79 Å². The predicted molar refractivity (Wildman–Crippen MR) is 100 cm³/mol. The van der Waals surface area contributed by atoms with Crippen LogP contribution < -0.4 is 0 Å². The Kier molecular flexibility index (Phi) is 5.36. The monoisotopic (exact) mass is 391 g/mol. The van der Waals surface area contributed by atoms with Crippen LogP contribution in [-0.4, -0.2) is 61.0 Å². The molecule has 144 valence electrons. The van der Waals surface area contributed by atoms with Gasteiger partial charge in [0, 0.05) is 18.0 Å². The average Bonchev–Trinajstić information content (AvgIpc) is 3.00. The lowest BCUT2D eigenvalue weighted by molar-refractivity contribution is -0.136. The van der Waals surface area contributed by atoms with Gasteiger partial charge in [-0.2, -0.15) is 0 Å². The zero-order chi connectivity index (χ0) is 19.6. The van der Waals surface area contributed by atoms with Crippen molar-refractivity contribution >= 4 is 32.5 Å². The number of phenolic OH excluding ortho intramolecular Hbond substituents is 1. The van der Waals surface area contributed by atoms with Crippen molar-refractivity contribution in [2.45, 2.75) is 19.4 Å². The number of rotatable bonds is 5. The fourth-order valence-electron chi connectivity index (χ4n) is 3.37. The number of carbonyl (C=O) groups excluding carboxylic acids is 2. The summed E-state index contributed by atoms with van der Waals surface area (Å²) in [5.74, 6) is -1.45. The third kappa shape index (κ3) is 4.05. The number of carbonyl (C=O) groups is 2. The third-order valence-corrected chi connectivity index (χ3v) is 6.51. The number of benzene rings is 2. The van der Waals surface area contributed by atoms with Crippen molar-refractivity contribution in [3.8, 4) is 5.75 Å². The summed E-state index contributed by atoms with van der Waals surface area (Å²) in [6.45, 7) is 1.58. The van der Waals surface area contributed by atoms with Gasteiger partial charge in [-0.05, 0) is 24.8 Å². The summed E-state index contributed by atoms with van der Waals surface area (Å²) in [5, 5.41) is 11.6. The average molecular weight is 391 g/mol. The molecule has 1 atom stereocenters. The van der Waals surface area contributed by atoms with E-state index in [-0.39, 0.29) is 28.9 Å². The molecule has 0 aliphatic carbocycles. The van der Waals surface area contributed by atoms with Crippen molar-refractivity contribution in [1.82, 2.24) is 4.90 Å². The number of phenols is 1. The molecule has 0 aromatic heterocycles. The van der Waals surface area contributed by atoms with E-state index < -0.39 is 28.3 Å². The maximum atomic E-state index is 12.4. The van der Waals surface area contributed by atoms with Crippen molar-refractivity contribution in [3.63, 3.8) is 0 Å². The van der Waals surface area contributed by atoms with E-state index >= 15 is 0 Å². The normalized spacial score (nSPS) is 18.3. The molecule has 27 heavy (non-hydrogen) atoms. The molecule has 1 N–H and O–H groups in total. The number of fused-ring (bicyclic) bond motifs is 1. The summed E-state index contributed by atoms with van der Waals surface area (Å²) in [4.78, 5) is 26.1. The summed E-state index contributed by atoms with van der Waals surface area (Å²) < 4.78 is 28.3. The molecular formula is C19H21NO6S. The molecule has 1 aliphatic rings. The largest absolute Gasteiger partial charge is 0.506 e. The molecule has 8 heteroatoms. The first-order valence-corrected chi connectivity index (χ1v) is 10.5. The van der Waals surface area contributed by atoms with Crippen LogP contribution in [0.1, 0.15) is 23.7 Å². The third-order valence-electron chi connectivity index (χ3n) is 4.76. The maximum Gasteiger partial charge on any atom is 0.342 e. The number of likely N-dealkylation sites (N-methyl/N-ethyl adjacent to an activating group) is 1. The van der Waals surface area contributed by atoms with Crippen molar-refractivity contribution in [1.29, 1.82) is 0 Å². The Morgan fingerprint density at radius 1 is 1.22 bits per heavy atom. The van der Waals surface area contributed by atoms with E-state index in [1.54, 1.807) is 25.1 Å². The standard InChI is InChI=1S/C19H21NO6S/c1-2-20(14-9-10-27(24,25)12-14)17(21)11-26-19(23)16-8-7-13-5-3-4-6-15(13)18(16)22/h3-8,14,22H,2,9-12H2,1H3/t14-/m1/s1. The summed E-state index contributed by atoms with van der Waals surface area (Å²) in [6.07, 6.45) is 0.390. The number of hydrogen-bond acceptors (Lipinski definition) is 6. The van der Waals surface area contributed by atoms with Crippen molar-refractivity contribution in [2.24, 2.45) is 0 Å². The van der Waals surface area contributed by atoms with Gasteiger partial charge in [0.15, 0.2) is 16.4 Å². The van der Waals surface area contributed by atoms with Crippen molar-refractivity contribution < 1.29 is 27.9 Å². The van der Waals surface area contributed by atoms with Crippen molar-refractivity contribution in [3.05, 3.63) is 42.0 Å². The van der Waals surface area contributed by atoms with Gasteiger partial charge in [0.2, 0.25) is 0 Å². The van der Waals surface area contributed by atoms with Gasteiger partial charge >= 0.3 is 5.97 Å². The second-order valence-corrected chi connectivity index (χ2v) is 8.72. The van der Waals surface area contributed by atoms with Crippen LogP contribution >= 0.6 is 0 Å². The van der Waals surface area contributed by atoms with Gasteiger partial charge in [0.05, 0.1) is 11.5 Å². The molecule has 7 nitrogen and oxygen atoms in total. The SMILES string of the molecule is CCN(C(=O)COC(=O)c1ccc2ccccc2c1O)[C@@H]1CCS(=O)(=O)C1. The molecule has 1 aliphatic heterocycles. The highest BCUT2D eigenvalue weighted by atomic mass is 32.2. The molecule has 0 unspecified atom stereocenters. The number of ether oxygens (including phenoxy) is 1. The quantitative estimate of drug-likeness (QED) is 0.779. The van der Waals surface area contributed by atoms with Crippen LogP contribution in [0.25, 0.3) is 10.8 Å². The molecule has 1 fully saturated rings. The molecule has 3 rings (SSSR count). The Morgan fingerprint density at radius 2 is 1.96 bits per heavy atom. The minimum Gasteiger partial charge on any atom is -0.506 e. The number of sulfone groups is 1. The molecule has 1 heterocycles. The minimum absolute atomic E-state index is 0.0204. The number of hydrogen-bond donors (Lipinski definition) is 1. The summed E-state index contributed by atoms with van der Waals surface area (Å²) in [7, 11) is -3.12. The molecule has 1 amide bonds. The fraction of sp³-hybridized carbons (Fsp3) is 0.368. The Labute approximate surface area is 157 Å². The topological polar surface area (TPSA) is 101 Å². The van der Waals surface area contributed by atoms with E-state index in [2.05, 4.69) is 0 Å². The summed E-state index contributed by atoms with van der Waals surface area (Å²) >= 11 is 0. The van der Waals surface area contributed by atoms with Crippen LogP contribution in [0.5, 0.6) is 5.75 Å². The number of amides is 1. The molecular weight excluding hydrogens is 370 g/mol. The van der Waals surface area contributed by atoms with Gasteiger partial charge in [-0.15, -0.1) is 0 Å². The highest BCUT2D eigenvalue weighted by molar-refractivity contribution is 7.91. The van der Waals surface area contributed by atoms with E-state index in [4.69, 9.17) is 4.74 Å². The van der Waals surface area contributed by atoms with Crippen LogP contribution in [0.15, 0.2) is 36.4 Å². The lowest BCUT2D eigenvalue weighted by atomic mass is 10.1. The van der Waals surface area contributed by atoms with Crippen LogP contribution in [0.3, 0.4) is 0 Å². The first-order chi connectivity index (χ1) is 12.8. The smallest absolute Gasteiger partial charge is 0.342 e. The Balaban J connectivity index is 1.68. The molecule has 2 aromatic carbocycles. The van der Waals surface area contributed by atoms with Gasteiger partial charge in [-0.1, -0.05) is 30.3 Å². The lowest BCUT2D eigenvalue weighted by Crippen LogP contribution is -2.43. The Hall–Kier alpha value is -2.61. The first kappa shape index (κ1) is 19.2. The first-order valence-electron chi connectivity index (χ1n) is 8.70. The molecule has 0 bridgehead atoms. The lowest BCUT2D eigenvalue weighted by Gasteiger charge is -2.26. The molecule has 1 saturated heterocycles. The van der Waals surface area contributed by atoms with Crippen LogP contribution in [0.4, 0.5) is 0 Å². The van der Waals surface area contributed by atoms with E-state index in [1.165, 1.54) is 11.0 Å². The van der Waals surface area contributed by atoms with Crippen molar-refractivity contribution in [2.75, 3.05) is 24.7 Å². The molecule has 0 radical (unpaired) electrons. The zero-order valence-electron chi connectivity index (χ0n) is 14.9. The number of nitrogens with zero attached hydrogens (tertiary/aromatic N) is 1.